The van der Waals surface area contributed by atoms with E-state index in [-0.39, 0.29) is 4.90 Å². The summed E-state index contributed by atoms with van der Waals surface area (Å²) in [6.45, 7) is 2.32. The average Bonchev–Trinajstić information content (AvgIpc) is 2.49. The van der Waals surface area contributed by atoms with E-state index >= 15 is 0 Å². The van der Waals surface area contributed by atoms with E-state index in [9.17, 15) is 8.42 Å². The van der Waals surface area contributed by atoms with Gasteiger partial charge in [-0.15, -0.1) is 0 Å². The number of nitrogens with zero attached hydrogens (tertiary/aromatic N) is 2. The molecule has 0 spiro atoms. The Morgan fingerprint density at radius 3 is 2.48 bits per heavy atom. The fourth-order valence-electron chi connectivity index (χ4n) is 1.99. The number of hydrogen-bond acceptors (Lipinski definition) is 4. The normalized spacial score (nSPS) is 11.6. The molecule has 0 unspecified atom stereocenters. The van der Waals surface area contributed by atoms with Gasteiger partial charge in [0.15, 0.2) is 0 Å². The molecule has 0 bridgehead atoms. The highest BCUT2D eigenvalue weighted by Crippen LogP contribution is 2.22. The van der Waals surface area contributed by atoms with Gasteiger partial charge in [-0.1, -0.05) is 29.8 Å². The number of anilines is 1. The van der Waals surface area contributed by atoms with Crippen molar-refractivity contribution in [1.29, 1.82) is 0 Å². The maximum absolute atomic E-state index is 12.6. The van der Waals surface area contributed by atoms with Crippen molar-refractivity contribution in [3.63, 3.8) is 0 Å². The van der Waals surface area contributed by atoms with Crippen molar-refractivity contribution in [2.24, 2.45) is 0 Å². The molecular formula is C15H19N3O2S. The van der Waals surface area contributed by atoms with Gasteiger partial charge in [-0.05, 0) is 24.6 Å². The van der Waals surface area contributed by atoms with E-state index in [2.05, 4.69) is 10.3 Å². The van der Waals surface area contributed by atoms with Crippen LogP contribution in [0.3, 0.4) is 0 Å². The van der Waals surface area contributed by atoms with Crippen LogP contribution in [0.15, 0.2) is 47.5 Å². The van der Waals surface area contributed by atoms with Crippen LogP contribution < -0.4 is 5.32 Å². The molecule has 0 amide bonds. The van der Waals surface area contributed by atoms with Crippen molar-refractivity contribution in [1.82, 2.24) is 9.29 Å². The third kappa shape index (κ3) is 3.40. The molecular weight excluding hydrogens is 286 g/mol. The highest BCUT2D eigenvalue weighted by molar-refractivity contribution is 7.89. The molecule has 0 saturated carbocycles. The molecule has 1 N–H and O–H groups in total. The first-order valence-corrected chi connectivity index (χ1v) is 8.04. The number of aryl methyl sites for hydroxylation is 1. The van der Waals surface area contributed by atoms with Crippen molar-refractivity contribution in [3.8, 4) is 0 Å². The smallest absolute Gasteiger partial charge is 0.246 e. The van der Waals surface area contributed by atoms with Crippen LogP contribution in [-0.4, -0.2) is 31.8 Å². The summed E-state index contributed by atoms with van der Waals surface area (Å²) in [7, 11) is -0.357. The first-order valence-electron chi connectivity index (χ1n) is 6.60. The third-order valence-corrected chi connectivity index (χ3v) is 5.06. The Bertz CT molecular complexity index is 712. The lowest BCUT2D eigenvalue weighted by molar-refractivity contribution is 0.467. The second-order valence-corrected chi connectivity index (χ2v) is 6.86. The van der Waals surface area contributed by atoms with Crippen LogP contribution in [0.1, 0.15) is 11.1 Å². The van der Waals surface area contributed by atoms with Gasteiger partial charge in [0, 0.05) is 26.8 Å². The number of rotatable bonds is 5. The van der Waals surface area contributed by atoms with Crippen LogP contribution in [-0.2, 0) is 16.6 Å². The minimum absolute atomic E-state index is 0.183. The van der Waals surface area contributed by atoms with Gasteiger partial charge < -0.3 is 5.32 Å². The zero-order chi connectivity index (χ0) is 15.5. The van der Waals surface area contributed by atoms with E-state index in [0.717, 1.165) is 11.1 Å². The third-order valence-electron chi connectivity index (χ3n) is 3.22. The van der Waals surface area contributed by atoms with Gasteiger partial charge in [0.05, 0.1) is 0 Å². The molecule has 21 heavy (non-hydrogen) atoms. The molecule has 1 heterocycles. The lowest BCUT2D eigenvalue weighted by atomic mass is 10.1. The Balaban J connectivity index is 2.28. The first kappa shape index (κ1) is 15.5. The van der Waals surface area contributed by atoms with Gasteiger partial charge in [-0.3, -0.25) is 0 Å². The first-order chi connectivity index (χ1) is 9.95. The van der Waals surface area contributed by atoms with Crippen molar-refractivity contribution in [2.45, 2.75) is 18.4 Å². The second-order valence-electron chi connectivity index (χ2n) is 4.85. The van der Waals surface area contributed by atoms with Gasteiger partial charge in [0.2, 0.25) is 10.0 Å². The molecule has 0 radical (unpaired) electrons. The molecule has 0 aliphatic heterocycles. The van der Waals surface area contributed by atoms with Crippen LogP contribution in [0.25, 0.3) is 0 Å². The molecule has 2 rings (SSSR count). The Morgan fingerprint density at radius 2 is 1.86 bits per heavy atom. The standard InChI is InChI=1S/C15H19N3O2S/c1-12-6-8-13(9-7-12)11-18(3)21(19,20)14-5-4-10-17-15(14)16-2/h4-10H,11H2,1-3H3,(H,16,17). The topological polar surface area (TPSA) is 62.3 Å². The van der Waals surface area contributed by atoms with Gasteiger partial charge in [-0.2, -0.15) is 4.31 Å². The predicted molar refractivity (Wildman–Crippen MR) is 83.6 cm³/mol. The monoisotopic (exact) mass is 305 g/mol. The highest BCUT2D eigenvalue weighted by atomic mass is 32.2. The molecule has 2 aromatic rings. The quantitative estimate of drug-likeness (QED) is 0.920. The molecule has 0 atom stereocenters. The molecule has 6 heteroatoms. The van der Waals surface area contributed by atoms with Crippen molar-refractivity contribution < 1.29 is 8.42 Å². The summed E-state index contributed by atoms with van der Waals surface area (Å²) in [4.78, 5) is 4.23. The Labute approximate surface area is 125 Å². The van der Waals surface area contributed by atoms with E-state index in [4.69, 9.17) is 0 Å². The summed E-state index contributed by atoms with van der Waals surface area (Å²) in [6.07, 6.45) is 1.56. The minimum atomic E-state index is -3.58. The van der Waals surface area contributed by atoms with Crippen LogP contribution in [0.5, 0.6) is 0 Å². The van der Waals surface area contributed by atoms with E-state index < -0.39 is 10.0 Å². The number of sulfonamides is 1. The van der Waals surface area contributed by atoms with Crippen molar-refractivity contribution in [3.05, 3.63) is 53.7 Å². The fourth-order valence-corrected chi connectivity index (χ4v) is 3.29. The van der Waals surface area contributed by atoms with E-state index in [1.165, 1.54) is 4.31 Å². The molecule has 112 valence electrons. The van der Waals surface area contributed by atoms with Crippen LogP contribution in [0.4, 0.5) is 5.82 Å². The summed E-state index contributed by atoms with van der Waals surface area (Å²) in [5.74, 6) is 0.355. The predicted octanol–water partition coefficient (Wildman–Crippen LogP) is 2.25. The SMILES string of the molecule is CNc1ncccc1S(=O)(=O)N(C)Cc1ccc(C)cc1. The molecule has 0 saturated heterocycles. The van der Waals surface area contributed by atoms with E-state index in [0.29, 0.717) is 12.4 Å². The average molecular weight is 305 g/mol. The van der Waals surface area contributed by atoms with Gasteiger partial charge in [0.25, 0.3) is 0 Å². The molecule has 0 aliphatic rings. The Hall–Kier alpha value is -1.92. The van der Waals surface area contributed by atoms with Crippen molar-refractivity contribution in [2.75, 3.05) is 19.4 Å². The van der Waals surface area contributed by atoms with E-state index in [1.807, 2.05) is 31.2 Å². The molecule has 0 aliphatic carbocycles. The zero-order valence-corrected chi connectivity index (χ0v) is 13.2. The molecule has 1 aromatic carbocycles. The number of hydrogen-bond donors (Lipinski definition) is 1. The number of aromatic nitrogens is 1. The van der Waals surface area contributed by atoms with Crippen LogP contribution >= 0.6 is 0 Å². The summed E-state index contributed by atoms with van der Waals surface area (Å²) in [5, 5.41) is 2.81. The molecule has 0 fully saturated rings. The number of benzene rings is 1. The van der Waals surface area contributed by atoms with Gasteiger partial charge >= 0.3 is 0 Å². The minimum Gasteiger partial charge on any atom is -0.372 e. The maximum atomic E-state index is 12.6. The fraction of sp³-hybridized carbons (Fsp3) is 0.267. The summed E-state index contributed by atoms with van der Waals surface area (Å²) in [6, 6.07) is 11.0. The lowest BCUT2D eigenvalue weighted by Crippen LogP contribution is -2.27. The largest absolute Gasteiger partial charge is 0.372 e. The summed E-state index contributed by atoms with van der Waals surface area (Å²) >= 11 is 0. The van der Waals surface area contributed by atoms with Crippen LogP contribution in [0.2, 0.25) is 0 Å². The lowest BCUT2D eigenvalue weighted by Gasteiger charge is -2.18. The molecule has 5 nitrogen and oxygen atoms in total. The number of nitrogens with one attached hydrogen (secondary N) is 1. The van der Waals surface area contributed by atoms with Gasteiger partial charge in [-0.25, -0.2) is 13.4 Å². The van der Waals surface area contributed by atoms with E-state index in [1.54, 1.807) is 32.4 Å². The van der Waals surface area contributed by atoms with Crippen LogP contribution in [0, 0.1) is 6.92 Å². The highest BCUT2D eigenvalue weighted by Gasteiger charge is 2.24. The van der Waals surface area contributed by atoms with Gasteiger partial charge in [0.1, 0.15) is 10.7 Å². The Morgan fingerprint density at radius 1 is 1.19 bits per heavy atom. The second kappa shape index (κ2) is 6.24. The zero-order valence-electron chi connectivity index (χ0n) is 12.4. The maximum Gasteiger partial charge on any atom is 0.246 e. The summed E-state index contributed by atoms with van der Waals surface area (Å²) in [5.41, 5.74) is 2.09. The number of pyridine rings is 1. The summed E-state index contributed by atoms with van der Waals surface area (Å²) < 4.78 is 26.6. The van der Waals surface area contributed by atoms with Crippen molar-refractivity contribution >= 4 is 15.8 Å². The Kier molecular flexibility index (Phi) is 4.59. The molecule has 1 aromatic heterocycles.